The van der Waals surface area contributed by atoms with Crippen LogP contribution in [0.2, 0.25) is 0 Å². The molecule has 1 N–H and O–H groups in total. The van der Waals surface area contributed by atoms with E-state index in [1.54, 1.807) is 0 Å². The number of rotatable bonds is 8. The van der Waals surface area contributed by atoms with Gasteiger partial charge in [0.05, 0.1) is 44.2 Å². The first-order valence-corrected chi connectivity index (χ1v) is 10.7. The van der Waals surface area contributed by atoms with E-state index >= 15 is 0 Å². The molecule has 1 aliphatic heterocycles. The molecule has 1 saturated heterocycles. The van der Waals surface area contributed by atoms with Crippen LogP contribution in [0.15, 0.2) is 40.9 Å². The van der Waals surface area contributed by atoms with Gasteiger partial charge < -0.3 is 24.4 Å². The lowest BCUT2D eigenvalue weighted by molar-refractivity contribution is -0.115. The fourth-order valence-corrected chi connectivity index (χ4v) is 3.49. The molecule has 7 heteroatoms. The first-order valence-electron chi connectivity index (χ1n) is 9.91. The number of hydrogen-bond acceptors (Lipinski definition) is 5. The third-order valence-corrected chi connectivity index (χ3v) is 5.09. The molecule has 1 amide bonds. The molecule has 29 heavy (non-hydrogen) atoms. The summed E-state index contributed by atoms with van der Waals surface area (Å²) in [5, 5.41) is 2.99. The summed E-state index contributed by atoms with van der Waals surface area (Å²) in [6.07, 6.45) is 0.286. The number of hydrogen-bond donors (Lipinski definition) is 1. The minimum atomic E-state index is -0.102. The highest BCUT2D eigenvalue weighted by Crippen LogP contribution is 2.39. The molecular weight excluding hydrogens is 436 g/mol. The van der Waals surface area contributed by atoms with Crippen molar-refractivity contribution in [1.82, 2.24) is 0 Å². The second-order valence-electron chi connectivity index (χ2n) is 6.63. The van der Waals surface area contributed by atoms with Crippen LogP contribution in [0.1, 0.15) is 19.4 Å². The number of carbonyl (C=O) groups excluding carboxylic acids is 1. The highest BCUT2D eigenvalue weighted by Gasteiger charge is 2.20. The van der Waals surface area contributed by atoms with Crippen molar-refractivity contribution in [2.45, 2.75) is 20.3 Å². The smallest absolute Gasteiger partial charge is 0.228 e. The van der Waals surface area contributed by atoms with Crippen LogP contribution < -0.4 is 19.7 Å². The van der Waals surface area contributed by atoms with Crippen molar-refractivity contribution >= 4 is 33.2 Å². The van der Waals surface area contributed by atoms with Gasteiger partial charge in [-0.25, -0.2) is 0 Å². The number of ether oxygens (including phenoxy) is 3. The van der Waals surface area contributed by atoms with E-state index in [9.17, 15) is 4.79 Å². The van der Waals surface area contributed by atoms with E-state index in [1.165, 1.54) is 0 Å². The summed E-state index contributed by atoms with van der Waals surface area (Å²) < 4.78 is 18.2. The Kier molecular flexibility index (Phi) is 7.77. The molecule has 0 bridgehead atoms. The number of morpholine rings is 1. The van der Waals surface area contributed by atoms with E-state index in [-0.39, 0.29) is 12.3 Å². The van der Waals surface area contributed by atoms with E-state index in [0.29, 0.717) is 37.9 Å². The monoisotopic (exact) mass is 462 g/mol. The Bertz CT molecular complexity index is 820. The maximum Gasteiger partial charge on any atom is 0.228 e. The van der Waals surface area contributed by atoms with Crippen molar-refractivity contribution in [3.63, 3.8) is 0 Å². The second-order valence-corrected chi connectivity index (χ2v) is 7.55. The molecule has 2 aromatic carbocycles. The Labute approximate surface area is 180 Å². The van der Waals surface area contributed by atoms with Crippen LogP contribution in [0.5, 0.6) is 11.5 Å². The summed E-state index contributed by atoms with van der Waals surface area (Å²) >= 11 is 3.41. The van der Waals surface area contributed by atoms with Crippen molar-refractivity contribution in [3.05, 3.63) is 46.4 Å². The van der Waals surface area contributed by atoms with Crippen LogP contribution in [0.25, 0.3) is 0 Å². The fourth-order valence-electron chi connectivity index (χ4n) is 3.23. The van der Waals surface area contributed by atoms with Crippen LogP contribution in [-0.4, -0.2) is 45.4 Å². The number of amides is 1. The number of benzene rings is 2. The van der Waals surface area contributed by atoms with Crippen LogP contribution in [-0.2, 0) is 16.0 Å². The quantitative estimate of drug-likeness (QED) is 0.634. The molecule has 156 valence electrons. The molecule has 2 aromatic rings. The zero-order valence-corrected chi connectivity index (χ0v) is 18.5. The second kappa shape index (κ2) is 10.5. The molecule has 1 heterocycles. The van der Waals surface area contributed by atoms with Crippen molar-refractivity contribution in [3.8, 4) is 11.5 Å². The zero-order chi connectivity index (χ0) is 20.6. The third kappa shape index (κ3) is 5.87. The van der Waals surface area contributed by atoms with E-state index in [4.69, 9.17) is 14.2 Å². The minimum Gasteiger partial charge on any atom is -0.492 e. The summed E-state index contributed by atoms with van der Waals surface area (Å²) in [6.45, 7) is 7.87. The molecule has 0 radical (unpaired) electrons. The lowest BCUT2D eigenvalue weighted by atomic mass is 10.1. The van der Waals surface area contributed by atoms with Crippen LogP contribution >= 0.6 is 15.9 Å². The Morgan fingerprint density at radius 2 is 1.72 bits per heavy atom. The largest absolute Gasteiger partial charge is 0.492 e. The van der Waals surface area contributed by atoms with Crippen molar-refractivity contribution in [2.24, 2.45) is 0 Å². The molecule has 3 rings (SSSR count). The van der Waals surface area contributed by atoms with Gasteiger partial charge in [0, 0.05) is 29.7 Å². The summed E-state index contributed by atoms with van der Waals surface area (Å²) in [7, 11) is 0. The number of nitrogens with zero attached hydrogens (tertiary/aromatic N) is 1. The molecule has 0 aliphatic carbocycles. The lowest BCUT2D eigenvalue weighted by Gasteiger charge is -2.31. The van der Waals surface area contributed by atoms with E-state index in [1.807, 2.05) is 50.2 Å². The summed E-state index contributed by atoms with van der Waals surface area (Å²) in [5.41, 5.74) is 2.53. The van der Waals surface area contributed by atoms with Crippen LogP contribution in [0.3, 0.4) is 0 Å². The molecule has 0 saturated carbocycles. The Hall–Kier alpha value is -2.25. The van der Waals surface area contributed by atoms with Crippen LogP contribution in [0.4, 0.5) is 11.4 Å². The zero-order valence-electron chi connectivity index (χ0n) is 16.9. The highest BCUT2D eigenvalue weighted by atomic mass is 79.9. The van der Waals surface area contributed by atoms with Crippen molar-refractivity contribution in [1.29, 1.82) is 0 Å². The molecule has 6 nitrogen and oxygen atoms in total. The molecule has 0 unspecified atom stereocenters. The predicted octanol–water partition coefficient (Wildman–Crippen LogP) is 4.26. The molecule has 0 aromatic heterocycles. The molecular formula is C22H27BrN2O4. The summed E-state index contributed by atoms with van der Waals surface area (Å²) in [5.74, 6) is 1.27. The van der Waals surface area contributed by atoms with Gasteiger partial charge >= 0.3 is 0 Å². The number of nitrogens with one attached hydrogen (secondary N) is 1. The van der Waals surface area contributed by atoms with Gasteiger partial charge in [-0.15, -0.1) is 0 Å². The minimum absolute atomic E-state index is 0.102. The van der Waals surface area contributed by atoms with Crippen molar-refractivity contribution in [2.75, 3.05) is 49.7 Å². The third-order valence-electron chi connectivity index (χ3n) is 4.56. The average Bonchev–Trinajstić information content (AvgIpc) is 2.72. The van der Waals surface area contributed by atoms with Gasteiger partial charge in [-0.05, 0) is 31.5 Å². The lowest BCUT2D eigenvalue weighted by Crippen LogP contribution is -2.36. The van der Waals surface area contributed by atoms with E-state index in [0.717, 1.165) is 34.6 Å². The summed E-state index contributed by atoms with van der Waals surface area (Å²) in [4.78, 5) is 14.9. The Balaban J connectivity index is 1.84. The first kappa shape index (κ1) is 21.5. The van der Waals surface area contributed by atoms with Crippen LogP contribution in [0, 0.1) is 0 Å². The normalized spacial score (nSPS) is 13.8. The maximum absolute atomic E-state index is 12.6. The Morgan fingerprint density at radius 3 is 2.38 bits per heavy atom. The van der Waals surface area contributed by atoms with E-state index < -0.39 is 0 Å². The van der Waals surface area contributed by atoms with Crippen molar-refractivity contribution < 1.29 is 19.0 Å². The number of anilines is 2. The van der Waals surface area contributed by atoms with Gasteiger partial charge in [-0.1, -0.05) is 28.1 Å². The Morgan fingerprint density at radius 1 is 1.07 bits per heavy atom. The average molecular weight is 463 g/mol. The molecule has 1 fully saturated rings. The van der Waals surface area contributed by atoms with E-state index in [2.05, 4.69) is 26.1 Å². The maximum atomic E-state index is 12.6. The summed E-state index contributed by atoms with van der Waals surface area (Å²) in [6, 6.07) is 11.5. The topological polar surface area (TPSA) is 60.0 Å². The first-order chi connectivity index (χ1) is 14.1. The fraction of sp³-hybridized carbons (Fsp3) is 0.409. The standard InChI is InChI=1S/C22H27BrN2O4/c1-3-28-20-15-19(25-9-11-27-12-10-25)21(29-4-2)14-18(20)24-22(26)13-16-5-7-17(23)8-6-16/h5-8,14-15H,3-4,9-13H2,1-2H3,(H,24,26). The van der Waals surface area contributed by atoms with Gasteiger partial charge in [0.15, 0.2) is 0 Å². The predicted molar refractivity (Wildman–Crippen MR) is 118 cm³/mol. The van der Waals surface area contributed by atoms with Gasteiger partial charge in [0.1, 0.15) is 11.5 Å². The number of halogens is 1. The molecule has 0 atom stereocenters. The van der Waals surface area contributed by atoms with Gasteiger partial charge in [0.25, 0.3) is 0 Å². The van der Waals surface area contributed by atoms with Gasteiger partial charge in [0.2, 0.25) is 5.91 Å². The van der Waals surface area contributed by atoms with Gasteiger partial charge in [-0.3, -0.25) is 4.79 Å². The number of carbonyl (C=O) groups is 1. The molecule has 0 spiro atoms. The highest BCUT2D eigenvalue weighted by molar-refractivity contribution is 9.10. The van der Waals surface area contributed by atoms with Gasteiger partial charge in [-0.2, -0.15) is 0 Å². The molecule has 1 aliphatic rings. The SMILES string of the molecule is CCOc1cc(N2CCOCC2)c(OCC)cc1NC(=O)Cc1ccc(Br)cc1.